The Labute approximate surface area is 308 Å². The first-order chi connectivity index (χ1) is 26.1. The Kier molecular flexibility index (Phi) is 7.26. The molecule has 0 saturated carbocycles. The van der Waals surface area contributed by atoms with E-state index in [1.165, 1.54) is 44.1 Å². The summed E-state index contributed by atoms with van der Waals surface area (Å²) in [6, 6.07) is 65.3. The van der Waals surface area contributed by atoms with Gasteiger partial charge in [-0.05, 0) is 102 Å². The summed E-state index contributed by atoms with van der Waals surface area (Å²) in [6.07, 6.45) is 0. The van der Waals surface area contributed by atoms with Crippen LogP contribution in [0.15, 0.2) is 186 Å². The van der Waals surface area contributed by atoms with Gasteiger partial charge in [-0.2, -0.15) is 0 Å². The number of aromatic nitrogens is 1. The number of fused-ring (bicyclic) bond motifs is 6. The number of anilines is 3. The standard InChI is InChI=1S/C50H36N2O/c1-33-15-6-10-23-45(33)52(46-28-27-36(29-34(46)2)35-16-4-3-5-17-35)39-31-43(50-44(32-39)42-22-9-13-26-49(42)53-50)37-18-14-19-38(30-37)51-47-24-11-7-20-40(47)41-21-8-12-25-48(41)51/h3-32H,1-2H3. The van der Waals surface area contributed by atoms with E-state index in [2.05, 4.69) is 199 Å². The minimum Gasteiger partial charge on any atom is -0.455 e. The third-order valence-corrected chi connectivity index (χ3v) is 10.6. The van der Waals surface area contributed by atoms with Gasteiger partial charge in [0.05, 0.1) is 11.0 Å². The summed E-state index contributed by atoms with van der Waals surface area (Å²) in [5, 5.41) is 4.69. The van der Waals surface area contributed by atoms with E-state index in [1.54, 1.807) is 0 Å². The van der Waals surface area contributed by atoms with E-state index in [9.17, 15) is 0 Å². The van der Waals surface area contributed by atoms with Crippen LogP contribution >= 0.6 is 0 Å². The van der Waals surface area contributed by atoms with Gasteiger partial charge in [-0.1, -0.05) is 121 Å². The number of para-hydroxylation sites is 4. The van der Waals surface area contributed by atoms with Crippen molar-refractivity contribution in [3.8, 4) is 27.9 Å². The van der Waals surface area contributed by atoms with Gasteiger partial charge in [0.1, 0.15) is 11.2 Å². The molecule has 10 aromatic rings. The second-order valence-corrected chi connectivity index (χ2v) is 13.9. The Morgan fingerprint density at radius 1 is 0.434 bits per heavy atom. The highest BCUT2D eigenvalue weighted by Crippen LogP contribution is 2.45. The van der Waals surface area contributed by atoms with Gasteiger partial charge in [-0.25, -0.2) is 0 Å². The zero-order chi connectivity index (χ0) is 35.5. The van der Waals surface area contributed by atoms with Crippen LogP contribution in [0.2, 0.25) is 0 Å². The summed E-state index contributed by atoms with van der Waals surface area (Å²) in [6.45, 7) is 4.41. The van der Waals surface area contributed by atoms with Crippen LogP contribution in [0.25, 0.3) is 71.7 Å². The minimum absolute atomic E-state index is 0.880. The molecule has 0 aliphatic rings. The number of benzene rings is 8. The molecule has 0 N–H and O–H groups in total. The highest BCUT2D eigenvalue weighted by atomic mass is 16.3. The number of rotatable bonds is 6. The molecule has 0 aliphatic carbocycles. The predicted molar refractivity (Wildman–Crippen MR) is 223 cm³/mol. The van der Waals surface area contributed by atoms with E-state index in [4.69, 9.17) is 4.42 Å². The van der Waals surface area contributed by atoms with Crippen molar-refractivity contribution < 1.29 is 4.42 Å². The monoisotopic (exact) mass is 680 g/mol. The zero-order valence-corrected chi connectivity index (χ0v) is 29.6. The van der Waals surface area contributed by atoms with Crippen molar-refractivity contribution >= 4 is 60.8 Å². The molecule has 0 aliphatic heterocycles. The Morgan fingerprint density at radius 2 is 1.08 bits per heavy atom. The van der Waals surface area contributed by atoms with Gasteiger partial charge in [0.15, 0.2) is 0 Å². The van der Waals surface area contributed by atoms with E-state index in [0.29, 0.717) is 0 Å². The summed E-state index contributed by atoms with van der Waals surface area (Å²) in [7, 11) is 0. The number of hydrogen-bond donors (Lipinski definition) is 0. The molecule has 0 atom stereocenters. The van der Waals surface area contributed by atoms with E-state index in [-0.39, 0.29) is 0 Å². The SMILES string of the molecule is Cc1ccccc1N(c1cc(-c2cccc(-n3c4ccccc4c4ccccc43)c2)c2oc3ccccc3c2c1)c1ccc(-c2ccccc2)cc1C. The summed E-state index contributed by atoms with van der Waals surface area (Å²) in [5.41, 5.74) is 15.6. The highest BCUT2D eigenvalue weighted by molar-refractivity contribution is 6.12. The Bertz CT molecular complexity index is 2930. The lowest BCUT2D eigenvalue weighted by atomic mass is 9.98. The summed E-state index contributed by atoms with van der Waals surface area (Å²) in [5.74, 6) is 0. The average molecular weight is 681 g/mol. The van der Waals surface area contributed by atoms with Gasteiger partial charge in [-0.3, -0.25) is 0 Å². The first-order valence-electron chi connectivity index (χ1n) is 18.2. The second kappa shape index (κ2) is 12.4. The van der Waals surface area contributed by atoms with Crippen molar-refractivity contribution in [3.63, 3.8) is 0 Å². The molecule has 53 heavy (non-hydrogen) atoms. The van der Waals surface area contributed by atoms with Crippen LogP contribution in [0.4, 0.5) is 17.1 Å². The minimum atomic E-state index is 0.880. The Morgan fingerprint density at radius 3 is 1.83 bits per heavy atom. The largest absolute Gasteiger partial charge is 0.455 e. The molecule has 3 nitrogen and oxygen atoms in total. The highest BCUT2D eigenvalue weighted by Gasteiger charge is 2.22. The number of aryl methyl sites for hydroxylation is 2. The fourth-order valence-electron chi connectivity index (χ4n) is 8.11. The van der Waals surface area contributed by atoms with E-state index >= 15 is 0 Å². The maximum absolute atomic E-state index is 6.74. The van der Waals surface area contributed by atoms with Crippen LogP contribution in [0.3, 0.4) is 0 Å². The molecule has 0 spiro atoms. The van der Waals surface area contributed by atoms with E-state index in [1.807, 2.05) is 6.07 Å². The first kappa shape index (κ1) is 30.9. The maximum atomic E-state index is 6.74. The van der Waals surface area contributed by atoms with Crippen molar-refractivity contribution in [1.82, 2.24) is 4.57 Å². The van der Waals surface area contributed by atoms with Gasteiger partial charge >= 0.3 is 0 Å². The van der Waals surface area contributed by atoms with Crippen LogP contribution in [0, 0.1) is 13.8 Å². The lowest BCUT2D eigenvalue weighted by Crippen LogP contribution is -2.13. The molecule has 0 saturated heterocycles. The summed E-state index contributed by atoms with van der Waals surface area (Å²) >= 11 is 0. The molecule has 2 aromatic heterocycles. The predicted octanol–water partition coefficient (Wildman–Crippen LogP) is 14.1. The van der Waals surface area contributed by atoms with Crippen molar-refractivity contribution in [2.24, 2.45) is 0 Å². The normalized spacial score (nSPS) is 11.6. The van der Waals surface area contributed by atoms with Crippen molar-refractivity contribution in [3.05, 3.63) is 193 Å². The Balaban J connectivity index is 1.22. The van der Waals surface area contributed by atoms with E-state index in [0.717, 1.165) is 55.8 Å². The van der Waals surface area contributed by atoms with E-state index < -0.39 is 0 Å². The molecule has 0 radical (unpaired) electrons. The fraction of sp³-hybridized carbons (Fsp3) is 0.0400. The van der Waals surface area contributed by atoms with Crippen molar-refractivity contribution in [2.75, 3.05) is 4.90 Å². The molecule has 252 valence electrons. The third kappa shape index (κ3) is 5.12. The topological polar surface area (TPSA) is 21.3 Å². The molecule has 2 heterocycles. The average Bonchev–Trinajstić information content (AvgIpc) is 3.75. The summed E-state index contributed by atoms with van der Waals surface area (Å²) in [4.78, 5) is 2.42. The molecular formula is C50H36N2O. The van der Waals surface area contributed by atoms with Crippen LogP contribution < -0.4 is 4.90 Å². The molecular weight excluding hydrogens is 645 g/mol. The lowest BCUT2D eigenvalue weighted by molar-refractivity contribution is 0.670. The third-order valence-electron chi connectivity index (χ3n) is 10.6. The van der Waals surface area contributed by atoms with Gasteiger partial charge in [0, 0.05) is 49.9 Å². The second-order valence-electron chi connectivity index (χ2n) is 13.9. The summed E-state index contributed by atoms with van der Waals surface area (Å²) < 4.78 is 9.12. The lowest BCUT2D eigenvalue weighted by Gasteiger charge is -2.29. The van der Waals surface area contributed by atoms with Gasteiger partial charge < -0.3 is 13.9 Å². The van der Waals surface area contributed by atoms with Crippen molar-refractivity contribution in [2.45, 2.75) is 13.8 Å². The number of nitrogens with zero attached hydrogens (tertiary/aromatic N) is 2. The fourth-order valence-corrected chi connectivity index (χ4v) is 8.11. The van der Waals surface area contributed by atoms with Crippen LogP contribution in [-0.2, 0) is 0 Å². The van der Waals surface area contributed by atoms with Crippen LogP contribution in [0.1, 0.15) is 11.1 Å². The van der Waals surface area contributed by atoms with Gasteiger partial charge in [-0.15, -0.1) is 0 Å². The molecule has 0 unspecified atom stereocenters. The first-order valence-corrected chi connectivity index (χ1v) is 18.2. The zero-order valence-electron chi connectivity index (χ0n) is 29.6. The smallest absolute Gasteiger partial charge is 0.143 e. The number of hydrogen-bond acceptors (Lipinski definition) is 2. The molecule has 0 amide bonds. The quantitative estimate of drug-likeness (QED) is 0.174. The molecule has 0 bridgehead atoms. The van der Waals surface area contributed by atoms with Crippen LogP contribution in [0.5, 0.6) is 0 Å². The van der Waals surface area contributed by atoms with Crippen LogP contribution in [-0.4, -0.2) is 4.57 Å². The number of furan rings is 1. The van der Waals surface area contributed by atoms with Gasteiger partial charge in [0.25, 0.3) is 0 Å². The molecule has 0 fully saturated rings. The Hall–Kier alpha value is -6.84. The molecule has 10 rings (SSSR count). The van der Waals surface area contributed by atoms with Gasteiger partial charge in [0.2, 0.25) is 0 Å². The molecule has 3 heteroatoms. The maximum Gasteiger partial charge on any atom is 0.143 e. The molecule has 8 aromatic carbocycles. The van der Waals surface area contributed by atoms with Crippen molar-refractivity contribution in [1.29, 1.82) is 0 Å².